The Balaban J connectivity index is 1.35. The van der Waals surface area contributed by atoms with Crippen LogP contribution in [0.1, 0.15) is 10.4 Å². The minimum absolute atomic E-state index is 0.104. The van der Waals surface area contributed by atoms with Gasteiger partial charge in [0.05, 0.1) is 5.56 Å². The third-order valence-electron chi connectivity index (χ3n) is 4.23. The van der Waals surface area contributed by atoms with Gasteiger partial charge < -0.3 is 15.1 Å². The molecule has 0 aliphatic carbocycles. The first kappa shape index (κ1) is 16.5. The second-order valence-corrected chi connectivity index (χ2v) is 6.69. The summed E-state index contributed by atoms with van der Waals surface area (Å²) in [6.45, 7) is 2.86. The zero-order chi connectivity index (χ0) is 17.8. The molecule has 0 saturated carbocycles. The number of hydrogen-bond acceptors (Lipinski definition) is 7. The van der Waals surface area contributed by atoms with E-state index in [1.54, 1.807) is 17.5 Å². The number of pyridine rings is 1. The number of rotatable bonds is 4. The number of nitrogens with zero attached hydrogens (tertiary/aromatic N) is 5. The molecule has 0 unspecified atom stereocenters. The molecule has 4 rings (SSSR count). The molecule has 1 amide bonds. The lowest BCUT2D eigenvalue weighted by molar-refractivity contribution is 0.0747. The summed E-state index contributed by atoms with van der Waals surface area (Å²) >= 11 is 1.54. The van der Waals surface area contributed by atoms with Crippen LogP contribution in [0.2, 0.25) is 0 Å². The standard InChI is InChI=1S/C18H18N6OS/c25-18(14-6-12-26-13-14)24-10-8-23(9-11-24)17-5-4-16(21-22-17)20-15-3-1-2-7-19-15/h1-7,12-13H,8-11H2,(H,19,20,21). The van der Waals surface area contributed by atoms with Crippen molar-refractivity contribution in [2.75, 3.05) is 36.4 Å². The lowest BCUT2D eigenvalue weighted by Crippen LogP contribution is -2.49. The molecule has 26 heavy (non-hydrogen) atoms. The monoisotopic (exact) mass is 366 g/mol. The largest absolute Gasteiger partial charge is 0.352 e. The van der Waals surface area contributed by atoms with E-state index in [2.05, 4.69) is 25.4 Å². The Hall–Kier alpha value is -3.00. The highest BCUT2D eigenvalue weighted by Gasteiger charge is 2.23. The molecule has 4 heterocycles. The van der Waals surface area contributed by atoms with Crippen molar-refractivity contribution in [3.8, 4) is 0 Å². The zero-order valence-corrected chi connectivity index (χ0v) is 14.9. The summed E-state index contributed by atoms with van der Waals surface area (Å²) in [6, 6.07) is 11.3. The number of carbonyl (C=O) groups excluding carboxylic acids is 1. The average molecular weight is 366 g/mol. The smallest absolute Gasteiger partial charge is 0.254 e. The molecule has 7 nitrogen and oxygen atoms in total. The molecule has 0 aromatic carbocycles. The van der Waals surface area contributed by atoms with Gasteiger partial charge in [0.25, 0.3) is 5.91 Å². The van der Waals surface area contributed by atoms with Crippen LogP contribution in [0.15, 0.2) is 53.4 Å². The molecule has 0 bridgehead atoms. The Bertz CT molecular complexity index is 845. The van der Waals surface area contributed by atoms with E-state index in [0.29, 0.717) is 18.9 Å². The van der Waals surface area contributed by atoms with Crippen molar-refractivity contribution in [2.24, 2.45) is 0 Å². The summed E-state index contributed by atoms with van der Waals surface area (Å²) in [4.78, 5) is 20.6. The van der Waals surface area contributed by atoms with Crippen molar-refractivity contribution < 1.29 is 4.79 Å². The molecule has 0 radical (unpaired) electrons. The number of amides is 1. The Morgan fingerprint density at radius 1 is 1.00 bits per heavy atom. The van der Waals surface area contributed by atoms with Crippen LogP contribution in [0.5, 0.6) is 0 Å². The number of aromatic nitrogens is 3. The van der Waals surface area contributed by atoms with Gasteiger partial charge in [-0.3, -0.25) is 4.79 Å². The number of anilines is 3. The summed E-state index contributed by atoms with van der Waals surface area (Å²) in [6.07, 6.45) is 1.72. The van der Waals surface area contributed by atoms with Gasteiger partial charge in [-0.1, -0.05) is 6.07 Å². The van der Waals surface area contributed by atoms with Crippen LogP contribution in [0, 0.1) is 0 Å². The van der Waals surface area contributed by atoms with Crippen molar-refractivity contribution in [2.45, 2.75) is 0 Å². The van der Waals surface area contributed by atoms with Crippen LogP contribution >= 0.6 is 11.3 Å². The third kappa shape index (κ3) is 3.65. The highest BCUT2D eigenvalue weighted by Crippen LogP contribution is 2.18. The maximum absolute atomic E-state index is 12.4. The van der Waals surface area contributed by atoms with Gasteiger partial charge in [-0.25, -0.2) is 4.98 Å². The second-order valence-electron chi connectivity index (χ2n) is 5.91. The average Bonchev–Trinajstić information content (AvgIpc) is 3.24. The Labute approximate surface area is 155 Å². The topological polar surface area (TPSA) is 74.2 Å². The molecule has 8 heteroatoms. The van der Waals surface area contributed by atoms with E-state index in [-0.39, 0.29) is 5.91 Å². The highest BCUT2D eigenvalue weighted by atomic mass is 32.1. The lowest BCUT2D eigenvalue weighted by Gasteiger charge is -2.35. The highest BCUT2D eigenvalue weighted by molar-refractivity contribution is 7.08. The first-order chi connectivity index (χ1) is 12.8. The normalized spacial score (nSPS) is 14.3. The SMILES string of the molecule is O=C(c1ccsc1)N1CCN(c2ccc(Nc3ccccn3)nn2)CC1. The molecular formula is C18H18N6OS. The molecule has 3 aromatic rings. The molecule has 1 saturated heterocycles. The first-order valence-electron chi connectivity index (χ1n) is 8.38. The summed E-state index contributed by atoms with van der Waals surface area (Å²) < 4.78 is 0. The fourth-order valence-electron chi connectivity index (χ4n) is 2.84. The fraction of sp³-hybridized carbons (Fsp3) is 0.222. The molecule has 1 fully saturated rings. The summed E-state index contributed by atoms with van der Waals surface area (Å²) in [5, 5.41) is 15.5. The molecule has 0 atom stereocenters. The Morgan fingerprint density at radius 2 is 1.88 bits per heavy atom. The number of carbonyl (C=O) groups is 1. The van der Waals surface area contributed by atoms with Gasteiger partial charge in [0.15, 0.2) is 11.6 Å². The van der Waals surface area contributed by atoms with Crippen LogP contribution in [0.25, 0.3) is 0 Å². The van der Waals surface area contributed by atoms with Crippen LogP contribution in [0.4, 0.5) is 17.5 Å². The van der Waals surface area contributed by atoms with E-state index in [9.17, 15) is 4.79 Å². The number of hydrogen-bond donors (Lipinski definition) is 1. The van der Waals surface area contributed by atoms with E-state index in [1.165, 1.54) is 0 Å². The molecule has 132 valence electrons. The summed E-state index contributed by atoms with van der Waals surface area (Å²) in [5.41, 5.74) is 0.771. The van der Waals surface area contributed by atoms with E-state index in [4.69, 9.17) is 0 Å². The Morgan fingerprint density at radius 3 is 2.54 bits per heavy atom. The van der Waals surface area contributed by atoms with E-state index in [1.807, 2.05) is 52.1 Å². The van der Waals surface area contributed by atoms with Crippen LogP contribution in [-0.2, 0) is 0 Å². The van der Waals surface area contributed by atoms with Crippen molar-refractivity contribution >= 4 is 34.7 Å². The number of thiophene rings is 1. The van der Waals surface area contributed by atoms with E-state index < -0.39 is 0 Å². The van der Waals surface area contributed by atoms with Crippen LogP contribution in [0.3, 0.4) is 0 Å². The predicted octanol–water partition coefficient (Wildman–Crippen LogP) is 2.64. The minimum atomic E-state index is 0.104. The van der Waals surface area contributed by atoms with Gasteiger partial charge in [0.1, 0.15) is 5.82 Å². The summed E-state index contributed by atoms with van der Waals surface area (Å²) in [7, 11) is 0. The molecule has 0 spiro atoms. The summed E-state index contributed by atoms with van der Waals surface area (Å²) in [5.74, 6) is 2.31. The first-order valence-corrected chi connectivity index (χ1v) is 9.32. The predicted molar refractivity (Wildman–Crippen MR) is 102 cm³/mol. The van der Waals surface area contributed by atoms with Crippen molar-refractivity contribution in [3.05, 3.63) is 58.9 Å². The van der Waals surface area contributed by atoms with Crippen molar-refractivity contribution in [1.29, 1.82) is 0 Å². The maximum Gasteiger partial charge on any atom is 0.254 e. The van der Waals surface area contributed by atoms with E-state index >= 15 is 0 Å². The third-order valence-corrected chi connectivity index (χ3v) is 4.91. The molecule has 1 aliphatic rings. The minimum Gasteiger partial charge on any atom is -0.352 e. The van der Waals surface area contributed by atoms with Gasteiger partial charge in [-0.2, -0.15) is 11.3 Å². The fourth-order valence-corrected chi connectivity index (χ4v) is 3.47. The van der Waals surface area contributed by atoms with Crippen molar-refractivity contribution in [1.82, 2.24) is 20.1 Å². The maximum atomic E-state index is 12.4. The van der Waals surface area contributed by atoms with Gasteiger partial charge in [-0.05, 0) is 35.7 Å². The van der Waals surface area contributed by atoms with Gasteiger partial charge in [-0.15, -0.1) is 10.2 Å². The quantitative estimate of drug-likeness (QED) is 0.765. The molecular weight excluding hydrogens is 348 g/mol. The lowest BCUT2D eigenvalue weighted by atomic mass is 10.2. The second kappa shape index (κ2) is 7.49. The van der Waals surface area contributed by atoms with Crippen LogP contribution < -0.4 is 10.2 Å². The zero-order valence-electron chi connectivity index (χ0n) is 14.1. The van der Waals surface area contributed by atoms with E-state index in [0.717, 1.165) is 30.3 Å². The van der Waals surface area contributed by atoms with Gasteiger partial charge in [0, 0.05) is 37.8 Å². The molecule has 1 aliphatic heterocycles. The van der Waals surface area contributed by atoms with Gasteiger partial charge >= 0.3 is 0 Å². The molecule has 3 aromatic heterocycles. The van der Waals surface area contributed by atoms with Gasteiger partial charge in [0.2, 0.25) is 0 Å². The van der Waals surface area contributed by atoms with Crippen LogP contribution in [-0.4, -0.2) is 52.2 Å². The number of nitrogens with one attached hydrogen (secondary N) is 1. The number of piperazine rings is 1. The van der Waals surface area contributed by atoms with Crippen molar-refractivity contribution in [3.63, 3.8) is 0 Å². The molecule has 1 N–H and O–H groups in total. The Kier molecular flexibility index (Phi) is 4.74.